The first-order valence-corrected chi connectivity index (χ1v) is 9.29. The van der Waals surface area contributed by atoms with Gasteiger partial charge in [0.1, 0.15) is 5.82 Å². The monoisotopic (exact) mass is 326 g/mol. The predicted octanol–water partition coefficient (Wildman–Crippen LogP) is 1.57. The fourth-order valence-electron chi connectivity index (χ4n) is 2.92. The number of hydrogen-bond acceptors (Lipinski definition) is 4. The van der Waals surface area contributed by atoms with E-state index < -0.39 is 10.2 Å². The van der Waals surface area contributed by atoms with Gasteiger partial charge in [-0.05, 0) is 25.0 Å². The summed E-state index contributed by atoms with van der Waals surface area (Å²) in [5.74, 6) is 0.917. The van der Waals surface area contributed by atoms with Gasteiger partial charge in [0.05, 0.1) is 0 Å². The minimum absolute atomic E-state index is 0.0126. The molecule has 6 nitrogen and oxygen atoms in total. The first kappa shape index (κ1) is 17.2. The van der Waals surface area contributed by atoms with Crippen molar-refractivity contribution < 1.29 is 8.42 Å². The standard InChI is InChI=1S/C15H26N4O2S/c1-4-19(5-2)22(20,21)17(3)14-9-8-12-18(13-14)15-10-6-7-11-16-15/h6-7,10-11,14H,4-5,8-9,12-13H2,1-3H3/t14-/m0/s1. The van der Waals surface area contributed by atoms with Crippen molar-refractivity contribution in [3.8, 4) is 0 Å². The largest absolute Gasteiger partial charge is 0.355 e. The van der Waals surface area contributed by atoms with Crippen molar-refractivity contribution in [1.29, 1.82) is 0 Å². The van der Waals surface area contributed by atoms with Gasteiger partial charge >= 0.3 is 0 Å². The molecule has 2 rings (SSSR count). The summed E-state index contributed by atoms with van der Waals surface area (Å²) in [6, 6.07) is 5.81. The second kappa shape index (κ2) is 7.39. The van der Waals surface area contributed by atoms with E-state index in [2.05, 4.69) is 9.88 Å². The van der Waals surface area contributed by atoms with Crippen LogP contribution in [0, 0.1) is 0 Å². The highest BCUT2D eigenvalue weighted by Crippen LogP contribution is 2.22. The maximum atomic E-state index is 12.7. The molecule has 0 saturated carbocycles. The quantitative estimate of drug-likeness (QED) is 0.796. The number of pyridine rings is 1. The van der Waals surface area contributed by atoms with Gasteiger partial charge in [0.25, 0.3) is 10.2 Å². The molecule has 124 valence electrons. The van der Waals surface area contributed by atoms with Crippen molar-refractivity contribution >= 4 is 16.0 Å². The number of nitrogens with zero attached hydrogens (tertiary/aromatic N) is 4. The highest BCUT2D eigenvalue weighted by Gasteiger charge is 2.33. The van der Waals surface area contributed by atoms with Gasteiger partial charge < -0.3 is 4.90 Å². The summed E-state index contributed by atoms with van der Waals surface area (Å²) in [5.41, 5.74) is 0. The van der Waals surface area contributed by atoms with Gasteiger partial charge in [0.2, 0.25) is 0 Å². The lowest BCUT2D eigenvalue weighted by atomic mass is 10.1. The normalized spacial score (nSPS) is 19.9. The van der Waals surface area contributed by atoms with E-state index in [-0.39, 0.29) is 6.04 Å². The molecule has 1 fully saturated rings. The summed E-state index contributed by atoms with van der Waals surface area (Å²) < 4.78 is 28.3. The molecular formula is C15H26N4O2S. The van der Waals surface area contributed by atoms with Crippen LogP contribution >= 0.6 is 0 Å². The Bertz CT molecular complexity index is 560. The Balaban J connectivity index is 2.12. The van der Waals surface area contributed by atoms with Gasteiger partial charge in [-0.3, -0.25) is 0 Å². The Kier molecular flexibility index (Phi) is 5.77. The van der Waals surface area contributed by atoms with E-state index in [1.165, 1.54) is 8.61 Å². The van der Waals surface area contributed by atoms with Crippen LogP contribution in [-0.2, 0) is 10.2 Å². The van der Waals surface area contributed by atoms with E-state index in [4.69, 9.17) is 0 Å². The molecule has 22 heavy (non-hydrogen) atoms. The van der Waals surface area contributed by atoms with Gasteiger partial charge in [0.15, 0.2) is 0 Å². The van der Waals surface area contributed by atoms with E-state index in [0.29, 0.717) is 19.6 Å². The molecule has 0 bridgehead atoms. The molecule has 0 radical (unpaired) electrons. The molecule has 1 saturated heterocycles. The first-order chi connectivity index (χ1) is 10.5. The molecule has 1 atom stereocenters. The molecule has 7 heteroatoms. The zero-order valence-electron chi connectivity index (χ0n) is 13.6. The number of aromatic nitrogens is 1. The van der Waals surface area contributed by atoms with Gasteiger partial charge in [0, 0.05) is 45.5 Å². The Morgan fingerprint density at radius 3 is 2.64 bits per heavy atom. The summed E-state index contributed by atoms with van der Waals surface area (Å²) in [4.78, 5) is 6.54. The van der Waals surface area contributed by atoms with Crippen LogP contribution in [0.4, 0.5) is 5.82 Å². The van der Waals surface area contributed by atoms with E-state index in [1.807, 2.05) is 32.0 Å². The zero-order chi connectivity index (χ0) is 16.2. The number of anilines is 1. The van der Waals surface area contributed by atoms with Gasteiger partial charge in [-0.1, -0.05) is 19.9 Å². The molecule has 2 heterocycles. The van der Waals surface area contributed by atoms with Crippen molar-refractivity contribution in [2.45, 2.75) is 32.7 Å². The number of hydrogen-bond donors (Lipinski definition) is 0. The summed E-state index contributed by atoms with van der Waals surface area (Å²) in [6.45, 7) is 6.35. The second-order valence-electron chi connectivity index (χ2n) is 5.54. The van der Waals surface area contributed by atoms with Crippen molar-refractivity contribution in [1.82, 2.24) is 13.6 Å². The molecule has 1 aliphatic rings. The lowest BCUT2D eigenvalue weighted by Gasteiger charge is -2.39. The minimum Gasteiger partial charge on any atom is -0.355 e. The lowest BCUT2D eigenvalue weighted by molar-refractivity contribution is 0.292. The molecule has 0 spiro atoms. The number of rotatable bonds is 6. The molecule has 1 aromatic rings. The van der Waals surface area contributed by atoms with Crippen LogP contribution < -0.4 is 4.90 Å². The molecular weight excluding hydrogens is 300 g/mol. The predicted molar refractivity (Wildman–Crippen MR) is 89.1 cm³/mol. The fourth-order valence-corrected chi connectivity index (χ4v) is 4.49. The van der Waals surface area contributed by atoms with E-state index in [0.717, 1.165) is 25.2 Å². The summed E-state index contributed by atoms with van der Waals surface area (Å²) in [5, 5.41) is 0. The third-order valence-electron chi connectivity index (χ3n) is 4.28. The van der Waals surface area contributed by atoms with E-state index in [1.54, 1.807) is 13.2 Å². The molecule has 0 unspecified atom stereocenters. The molecule has 0 aliphatic carbocycles. The van der Waals surface area contributed by atoms with Crippen LogP contribution in [0.15, 0.2) is 24.4 Å². The van der Waals surface area contributed by atoms with Crippen LogP contribution in [-0.4, -0.2) is 61.3 Å². The van der Waals surface area contributed by atoms with Crippen molar-refractivity contribution in [2.75, 3.05) is 38.1 Å². The Hall–Kier alpha value is -1.18. The minimum atomic E-state index is -3.39. The topological polar surface area (TPSA) is 56.8 Å². The van der Waals surface area contributed by atoms with Crippen LogP contribution in [0.25, 0.3) is 0 Å². The summed E-state index contributed by atoms with van der Waals surface area (Å²) >= 11 is 0. The van der Waals surface area contributed by atoms with Crippen molar-refractivity contribution in [3.63, 3.8) is 0 Å². The van der Waals surface area contributed by atoms with E-state index in [9.17, 15) is 8.42 Å². The average Bonchev–Trinajstić information content (AvgIpc) is 2.56. The van der Waals surface area contributed by atoms with Crippen LogP contribution in [0.5, 0.6) is 0 Å². The molecule has 0 N–H and O–H groups in total. The second-order valence-corrected chi connectivity index (χ2v) is 7.53. The zero-order valence-corrected chi connectivity index (χ0v) is 14.5. The highest BCUT2D eigenvalue weighted by molar-refractivity contribution is 7.86. The Morgan fingerprint density at radius 1 is 1.32 bits per heavy atom. The third kappa shape index (κ3) is 3.59. The maximum Gasteiger partial charge on any atom is 0.282 e. The Morgan fingerprint density at radius 2 is 2.05 bits per heavy atom. The molecule has 1 aromatic heterocycles. The Labute approximate surface area is 133 Å². The van der Waals surface area contributed by atoms with Gasteiger partial charge in [-0.25, -0.2) is 4.98 Å². The maximum absolute atomic E-state index is 12.7. The van der Waals surface area contributed by atoms with Crippen LogP contribution in [0.1, 0.15) is 26.7 Å². The lowest BCUT2D eigenvalue weighted by Crippen LogP contribution is -2.52. The third-order valence-corrected chi connectivity index (χ3v) is 6.47. The fraction of sp³-hybridized carbons (Fsp3) is 0.667. The SMILES string of the molecule is CCN(CC)S(=O)(=O)N(C)[C@H]1CCCN(c2ccccn2)C1. The number of piperidine rings is 1. The summed E-state index contributed by atoms with van der Waals surface area (Å²) in [7, 11) is -1.69. The first-order valence-electron chi connectivity index (χ1n) is 7.89. The molecule has 0 aromatic carbocycles. The highest BCUT2D eigenvalue weighted by atomic mass is 32.2. The smallest absolute Gasteiger partial charge is 0.282 e. The van der Waals surface area contributed by atoms with E-state index >= 15 is 0 Å². The van der Waals surface area contributed by atoms with Gasteiger partial charge in [-0.2, -0.15) is 17.0 Å². The number of likely N-dealkylation sites (N-methyl/N-ethyl adjacent to an activating group) is 1. The van der Waals surface area contributed by atoms with Crippen molar-refractivity contribution in [2.24, 2.45) is 0 Å². The molecule has 0 amide bonds. The van der Waals surface area contributed by atoms with Crippen LogP contribution in [0.2, 0.25) is 0 Å². The van der Waals surface area contributed by atoms with Gasteiger partial charge in [-0.15, -0.1) is 0 Å². The van der Waals surface area contributed by atoms with Crippen LogP contribution in [0.3, 0.4) is 0 Å². The van der Waals surface area contributed by atoms with Crippen molar-refractivity contribution in [3.05, 3.63) is 24.4 Å². The summed E-state index contributed by atoms with van der Waals surface area (Å²) in [6.07, 6.45) is 3.63. The molecule has 1 aliphatic heterocycles. The average molecular weight is 326 g/mol.